The van der Waals surface area contributed by atoms with Crippen molar-refractivity contribution in [3.63, 3.8) is 0 Å². The first-order chi connectivity index (χ1) is 13.2. The molecule has 4 rings (SSSR count). The number of rotatable bonds is 5. The largest absolute Gasteiger partial charge is 0.370 e. The molecule has 3 heterocycles. The van der Waals surface area contributed by atoms with E-state index >= 15 is 0 Å². The van der Waals surface area contributed by atoms with E-state index in [1.807, 2.05) is 24.5 Å². The number of ether oxygens (including phenoxy) is 1. The van der Waals surface area contributed by atoms with Gasteiger partial charge in [-0.15, -0.1) is 0 Å². The van der Waals surface area contributed by atoms with Gasteiger partial charge in [0.15, 0.2) is 5.65 Å². The van der Waals surface area contributed by atoms with Crippen LogP contribution in [0.2, 0.25) is 0 Å². The van der Waals surface area contributed by atoms with E-state index < -0.39 is 0 Å². The van der Waals surface area contributed by atoms with Crippen molar-refractivity contribution in [2.45, 2.75) is 50.9 Å². The Balaban J connectivity index is 1.52. The van der Waals surface area contributed by atoms with Crippen LogP contribution < -0.4 is 5.32 Å². The number of benzene rings is 1. The van der Waals surface area contributed by atoms with E-state index in [0.29, 0.717) is 0 Å². The van der Waals surface area contributed by atoms with Crippen molar-refractivity contribution < 1.29 is 9.53 Å². The molecule has 1 aliphatic rings. The summed E-state index contributed by atoms with van der Waals surface area (Å²) in [7, 11) is 0. The van der Waals surface area contributed by atoms with Gasteiger partial charge < -0.3 is 10.1 Å². The third kappa shape index (κ3) is 4.17. The van der Waals surface area contributed by atoms with Gasteiger partial charge in [-0.2, -0.15) is 5.10 Å². The molecule has 1 saturated heterocycles. The summed E-state index contributed by atoms with van der Waals surface area (Å²) in [5, 5.41) is 7.47. The fraction of sp³-hybridized carbons (Fsp3) is 0.381. The monoisotopic (exact) mass is 364 g/mol. The molecule has 0 bridgehead atoms. The van der Waals surface area contributed by atoms with E-state index in [4.69, 9.17) is 4.74 Å². The topological polar surface area (TPSA) is 68.5 Å². The van der Waals surface area contributed by atoms with Crippen LogP contribution in [-0.4, -0.2) is 32.7 Å². The van der Waals surface area contributed by atoms with Gasteiger partial charge in [0.1, 0.15) is 0 Å². The average molecular weight is 364 g/mol. The van der Waals surface area contributed by atoms with Gasteiger partial charge >= 0.3 is 0 Å². The lowest BCUT2D eigenvalue weighted by Gasteiger charge is -2.35. The lowest BCUT2D eigenvalue weighted by Crippen LogP contribution is -2.42. The molecular weight excluding hydrogens is 340 g/mol. The summed E-state index contributed by atoms with van der Waals surface area (Å²) in [4.78, 5) is 16.1. The molecule has 1 aromatic carbocycles. The molecule has 1 aliphatic heterocycles. The van der Waals surface area contributed by atoms with Crippen molar-refractivity contribution in [1.82, 2.24) is 19.9 Å². The Labute approximate surface area is 158 Å². The minimum atomic E-state index is -0.122. The van der Waals surface area contributed by atoms with Crippen molar-refractivity contribution >= 4 is 11.6 Å². The number of carbonyl (C=O) groups is 1. The van der Waals surface area contributed by atoms with Crippen molar-refractivity contribution in [1.29, 1.82) is 0 Å². The number of hydrogen-bond acceptors (Lipinski definition) is 4. The molecule has 3 atom stereocenters. The number of nitrogens with zero attached hydrogens (tertiary/aromatic N) is 3. The molecule has 1 amide bonds. The zero-order valence-electron chi connectivity index (χ0n) is 15.4. The average Bonchev–Trinajstić information content (AvgIpc) is 3.11. The van der Waals surface area contributed by atoms with Gasteiger partial charge in [0, 0.05) is 30.9 Å². The Bertz CT molecular complexity index is 909. The molecule has 140 valence electrons. The molecule has 2 aromatic heterocycles. The minimum absolute atomic E-state index is 0.000415. The number of aromatic nitrogens is 3. The Kier molecular flexibility index (Phi) is 5.16. The zero-order chi connectivity index (χ0) is 18.6. The second kappa shape index (κ2) is 7.88. The van der Waals surface area contributed by atoms with E-state index in [1.54, 1.807) is 17.6 Å². The fourth-order valence-electron chi connectivity index (χ4n) is 3.85. The van der Waals surface area contributed by atoms with E-state index in [0.717, 1.165) is 36.9 Å². The van der Waals surface area contributed by atoms with Gasteiger partial charge in [-0.3, -0.25) is 4.79 Å². The van der Waals surface area contributed by atoms with Gasteiger partial charge in [0.2, 0.25) is 5.91 Å². The molecule has 6 nitrogen and oxygen atoms in total. The van der Waals surface area contributed by atoms with E-state index in [9.17, 15) is 4.79 Å². The Morgan fingerprint density at radius 1 is 1.26 bits per heavy atom. The first-order valence-electron chi connectivity index (χ1n) is 9.44. The second-order valence-electron chi connectivity index (χ2n) is 7.13. The van der Waals surface area contributed by atoms with Crippen LogP contribution in [-0.2, 0) is 16.0 Å². The normalized spacial score (nSPS) is 22.6. The van der Waals surface area contributed by atoms with Crippen molar-refractivity contribution in [3.8, 4) is 0 Å². The Morgan fingerprint density at radius 2 is 2.11 bits per heavy atom. The highest BCUT2D eigenvalue weighted by atomic mass is 16.5. The second-order valence-corrected chi connectivity index (χ2v) is 7.13. The van der Waals surface area contributed by atoms with Crippen molar-refractivity contribution in [2.24, 2.45) is 0 Å². The molecule has 0 aliphatic carbocycles. The summed E-state index contributed by atoms with van der Waals surface area (Å²) >= 11 is 0. The van der Waals surface area contributed by atoms with Crippen molar-refractivity contribution in [3.05, 3.63) is 66.1 Å². The number of amides is 1. The van der Waals surface area contributed by atoms with E-state index in [2.05, 4.69) is 39.7 Å². The zero-order valence-corrected chi connectivity index (χ0v) is 15.4. The summed E-state index contributed by atoms with van der Waals surface area (Å²) in [5.74, 6) is 0.000415. The first-order valence-corrected chi connectivity index (χ1v) is 9.44. The number of aryl methyl sites for hydroxylation is 1. The summed E-state index contributed by atoms with van der Waals surface area (Å²) in [5.41, 5.74) is 3.10. The molecule has 0 radical (unpaired) electrons. The standard InChI is InChI=1S/C21H24N4O2/c1-15(26)24-17-12-18(9-8-16-6-3-2-4-7-16)27-20(13-17)19-14-23-25-11-5-10-22-21(19)25/h2-7,10-11,14,17-18,20H,8-9,12-13H2,1H3,(H,24,26)/t17-,18+,20+/m1/s1. The number of nitrogens with one attached hydrogen (secondary N) is 1. The first kappa shape index (κ1) is 17.7. The quantitative estimate of drug-likeness (QED) is 0.755. The predicted molar refractivity (Wildman–Crippen MR) is 102 cm³/mol. The summed E-state index contributed by atoms with van der Waals surface area (Å²) in [6, 6.07) is 12.4. The maximum atomic E-state index is 11.6. The SMILES string of the molecule is CC(=O)N[C@@H]1C[C@H](CCc2ccccc2)O[C@H](c2cnn3cccnc23)C1. The lowest BCUT2D eigenvalue weighted by atomic mass is 9.92. The molecule has 3 aromatic rings. The summed E-state index contributed by atoms with van der Waals surface area (Å²) in [6.45, 7) is 1.57. The minimum Gasteiger partial charge on any atom is -0.370 e. The summed E-state index contributed by atoms with van der Waals surface area (Å²) in [6.07, 6.45) is 8.88. The van der Waals surface area contributed by atoms with Crippen LogP contribution in [0, 0.1) is 0 Å². The van der Waals surface area contributed by atoms with Crippen LogP contribution in [0.5, 0.6) is 0 Å². The van der Waals surface area contributed by atoms with Gasteiger partial charge in [-0.05, 0) is 37.3 Å². The van der Waals surface area contributed by atoms with Crippen LogP contribution in [0.4, 0.5) is 0 Å². The Hall–Kier alpha value is -2.73. The maximum absolute atomic E-state index is 11.6. The smallest absolute Gasteiger partial charge is 0.217 e. The van der Waals surface area contributed by atoms with Crippen LogP contribution in [0.25, 0.3) is 5.65 Å². The molecule has 27 heavy (non-hydrogen) atoms. The number of hydrogen-bond donors (Lipinski definition) is 1. The van der Waals surface area contributed by atoms with Crippen LogP contribution in [0.1, 0.15) is 43.4 Å². The highest BCUT2D eigenvalue weighted by Gasteiger charge is 2.32. The molecule has 0 unspecified atom stereocenters. The summed E-state index contributed by atoms with van der Waals surface area (Å²) < 4.78 is 8.19. The van der Waals surface area contributed by atoms with E-state index in [-0.39, 0.29) is 24.2 Å². The third-order valence-electron chi connectivity index (χ3n) is 5.06. The van der Waals surface area contributed by atoms with Gasteiger partial charge in [-0.1, -0.05) is 30.3 Å². The predicted octanol–water partition coefficient (Wildman–Crippen LogP) is 3.09. The number of carbonyl (C=O) groups excluding carboxylic acids is 1. The van der Waals surface area contributed by atoms with Gasteiger partial charge in [0.05, 0.1) is 18.4 Å². The number of fused-ring (bicyclic) bond motifs is 1. The molecule has 1 fully saturated rings. The van der Waals surface area contributed by atoms with E-state index in [1.165, 1.54) is 5.56 Å². The molecule has 0 spiro atoms. The lowest BCUT2D eigenvalue weighted by molar-refractivity contribution is -0.122. The van der Waals surface area contributed by atoms with Crippen LogP contribution in [0.15, 0.2) is 55.0 Å². The van der Waals surface area contributed by atoms with Crippen molar-refractivity contribution in [2.75, 3.05) is 0 Å². The molecular formula is C21H24N4O2. The maximum Gasteiger partial charge on any atom is 0.217 e. The highest BCUT2D eigenvalue weighted by Crippen LogP contribution is 2.34. The third-order valence-corrected chi connectivity index (χ3v) is 5.06. The fourth-order valence-corrected chi connectivity index (χ4v) is 3.85. The van der Waals surface area contributed by atoms with Crippen LogP contribution in [0.3, 0.4) is 0 Å². The van der Waals surface area contributed by atoms with Gasteiger partial charge in [-0.25, -0.2) is 9.50 Å². The highest BCUT2D eigenvalue weighted by molar-refractivity contribution is 5.73. The molecule has 0 saturated carbocycles. The van der Waals surface area contributed by atoms with Gasteiger partial charge in [0.25, 0.3) is 0 Å². The molecule has 6 heteroatoms. The molecule has 1 N–H and O–H groups in total. The van der Waals surface area contributed by atoms with Crippen LogP contribution >= 0.6 is 0 Å². The Morgan fingerprint density at radius 3 is 2.93 bits per heavy atom.